The van der Waals surface area contributed by atoms with Crippen molar-refractivity contribution in [3.63, 3.8) is 0 Å². The Balaban J connectivity index is 1.65. The van der Waals surface area contributed by atoms with E-state index in [4.69, 9.17) is 23.2 Å². The summed E-state index contributed by atoms with van der Waals surface area (Å²) in [5.74, 6) is -1.76. The second-order valence-corrected chi connectivity index (χ2v) is 8.44. The van der Waals surface area contributed by atoms with Crippen molar-refractivity contribution in [2.45, 2.75) is 26.2 Å². The second-order valence-electron chi connectivity index (χ2n) is 7.60. The molecule has 4 N–H and O–H groups in total. The van der Waals surface area contributed by atoms with E-state index in [0.717, 1.165) is 11.1 Å². The molecule has 1 aliphatic rings. The molecular weight excluding hydrogens is 453 g/mol. The van der Waals surface area contributed by atoms with Gasteiger partial charge in [0.05, 0.1) is 22.2 Å². The van der Waals surface area contributed by atoms with Crippen molar-refractivity contribution in [3.8, 4) is 0 Å². The molecule has 2 heterocycles. The molecule has 2 amide bonds. The summed E-state index contributed by atoms with van der Waals surface area (Å²) in [6.45, 7) is 3.84. The van der Waals surface area contributed by atoms with Crippen molar-refractivity contribution in [2.75, 3.05) is 16.0 Å². The van der Waals surface area contributed by atoms with E-state index in [1.807, 2.05) is 32.0 Å². The van der Waals surface area contributed by atoms with Crippen LogP contribution in [0.1, 0.15) is 29.0 Å². The largest absolute Gasteiger partial charge is 0.326 e. The zero-order chi connectivity index (χ0) is 23.0. The normalized spacial score (nSPS) is 15.0. The fourth-order valence-electron chi connectivity index (χ4n) is 3.65. The molecule has 0 bridgehead atoms. The summed E-state index contributed by atoms with van der Waals surface area (Å²) in [6, 6.07) is 10.4. The summed E-state index contributed by atoms with van der Waals surface area (Å²) in [5, 5.41) is 9.05. The van der Waals surface area contributed by atoms with Gasteiger partial charge in [0, 0.05) is 17.1 Å². The van der Waals surface area contributed by atoms with Gasteiger partial charge in [0.15, 0.2) is 0 Å². The number of aryl methyl sites for hydroxylation is 2. The third-order valence-corrected chi connectivity index (χ3v) is 5.49. The Labute approximate surface area is 193 Å². The minimum Gasteiger partial charge on any atom is -0.326 e. The van der Waals surface area contributed by atoms with Crippen LogP contribution in [0.3, 0.4) is 0 Å². The van der Waals surface area contributed by atoms with Crippen LogP contribution in [0.25, 0.3) is 0 Å². The van der Waals surface area contributed by atoms with E-state index in [2.05, 4.69) is 25.9 Å². The number of carbonyl (C=O) groups excluding carboxylic acids is 2. The number of benzene rings is 2. The zero-order valence-corrected chi connectivity index (χ0v) is 18.7. The van der Waals surface area contributed by atoms with Crippen LogP contribution in [0.2, 0.25) is 10.0 Å². The smallest absolute Gasteiger partial charge is 0.258 e. The van der Waals surface area contributed by atoms with Gasteiger partial charge in [0.1, 0.15) is 5.82 Å². The number of halogens is 2. The molecule has 0 unspecified atom stereocenters. The maximum absolute atomic E-state index is 13.0. The van der Waals surface area contributed by atoms with Crippen LogP contribution in [-0.4, -0.2) is 21.8 Å². The van der Waals surface area contributed by atoms with Gasteiger partial charge in [-0.3, -0.25) is 19.4 Å². The molecule has 32 heavy (non-hydrogen) atoms. The SMILES string of the molecule is Cc1cc(C)cc(NC(=O)[C@H]2CC(=O)Nc3nc(Nc4ccc(Cl)cc4Cl)[nH]c(=O)c32)c1. The molecule has 1 atom stereocenters. The molecular formula is C22H19Cl2N5O3. The molecule has 0 fully saturated rings. The van der Waals surface area contributed by atoms with Crippen molar-refractivity contribution in [1.82, 2.24) is 9.97 Å². The molecule has 10 heteroatoms. The Morgan fingerprint density at radius 1 is 1.09 bits per heavy atom. The van der Waals surface area contributed by atoms with Gasteiger partial charge < -0.3 is 16.0 Å². The van der Waals surface area contributed by atoms with Crippen molar-refractivity contribution >= 4 is 58.2 Å². The third kappa shape index (κ3) is 4.61. The Morgan fingerprint density at radius 2 is 1.81 bits per heavy atom. The lowest BCUT2D eigenvalue weighted by atomic mass is 9.92. The molecule has 1 aliphatic heterocycles. The minimum absolute atomic E-state index is 0.0261. The lowest BCUT2D eigenvalue weighted by molar-refractivity contribution is -0.123. The van der Waals surface area contributed by atoms with Gasteiger partial charge in [-0.15, -0.1) is 0 Å². The number of H-pyrrole nitrogens is 1. The average molecular weight is 472 g/mol. The molecule has 1 aromatic heterocycles. The van der Waals surface area contributed by atoms with Gasteiger partial charge in [-0.1, -0.05) is 29.3 Å². The highest BCUT2D eigenvalue weighted by molar-refractivity contribution is 6.36. The topological polar surface area (TPSA) is 116 Å². The first-order valence-corrected chi connectivity index (χ1v) is 10.5. The molecule has 2 aromatic carbocycles. The standard InChI is InChI=1S/C22H19Cl2N5O3/c1-10-5-11(2)7-13(6-10)25-20(31)14-9-17(30)27-19-18(14)21(32)29-22(28-19)26-16-4-3-12(23)8-15(16)24/h3-8,14H,9H2,1-2H3,(H,25,31)(H3,26,27,28,29,30,32)/t14-/m0/s1. The number of hydrogen-bond donors (Lipinski definition) is 4. The van der Waals surface area contributed by atoms with E-state index in [9.17, 15) is 14.4 Å². The first-order valence-electron chi connectivity index (χ1n) is 9.75. The highest BCUT2D eigenvalue weighted by Gasteiger charge is 2.34. The van der Waals surface area contributed by atoms with Gasteiger partial charge in [0.2, 0.25) is 17.8 Å². The van der Waals surface area contributed by atoms with Crippen molar-refractivity contribution in [2.24, 2.45) is 0 Å². The van der Waals surface area contributed by atoms with E-state index in [1.165, 1.54) is 6.07 Å². The molecule has 164 valence electrons. The van der Waals surface area contributed by atoms with E-state index < -0.39 is 23.3 Å². The van der Waals surface area contributed by atoms with Gasteiger partial charge >= 0.3 is 0 Å². The minimum atomic E-state index is -0.982. The lowest BCUT2D eigenvalue weighted by Crippen LogP contribution is -2.36. The molecule has 0 radical (unpaired) electrons. The maximum Gasteiger partial charge on any atom is 0.258 e. The Morgan fingerprint density at radius 3 is 2.50 bits per heavy atom. The number of nitrogens with one attached hydrogen (secondary N) is 4. The number of aromatic nitrogens is 2. The second kappa shape index (κ2) is 8.64. The van der Waals surface area contributed by atoms with Crippen LogP contribution in [-0.2, 0) is 9.59 Å². The fraction of sp³-hybridized carbons (Fsp3) is 0.182. The first-order chi connectivity index (χ1) is 15.2. The van der Waals surface area contributed by atoms with Crippen LogP contribution >= 0.6 is 23.2 Å². The number of carbonyl (C=O) groups is 2. The summed E-state index contributed by atoms with van der Waals surface area (Å²) in [4.78, 5) is 45.0. The predicted octanol–water partition coefficient (Wildman–Crippen LogP) is 4.50. The average Bonchev–Trinajstić information content (AvgIpc) is 2.68. The number of hydrogen-bond acceptors (Lipinski definition) is 5. The predicted molar refractivity (Wildman–Crippen MR) is 125 cm³/mol. The Hall–Kier alpha value is -3.36. The summed E-state index contributed by atoms with van der Waals surface area (Å²) in [5.41, 5.74) is 2.59. The Kier molecular flexibility index (Phi) is 5.90. The van der Waals surface area contributed by atoms with Crippen LogP contribution in [0.15, 0.2) is 41.2 Å². The summed E-state index contributed by atoms with van der Waals surface area (Å²) >= 11 is 12.1. The number of nitrogens with zero attached hydrogens (tertiary/aromatic N) is 1. The molecule has 0 spiro atoms. The number of aromatic amines is 1. The molecule has 0 saturated carbocycles. The number of fused-ring (bicyclic) bond motifs is 1. The zero-order valence-electron chi connectivity index (χ0n) is 17.2. The molecule has 0 saturated heterocycles. The monoisotopic (exact) mass is 471 g/mol. The number of amides is 2. The van der Waals surface area contributed by atoms with E-state index >= 15 is 0 Å². The molecule has 8 nitrogen and oxygen atoms in total. The fourth-order valence-corrected chi connectivity index (χ4v) is 4.10. The summed E-state index contributed by atoms with van der Waals surface area (Å²) in [6.07, 6.45) is -0.163. The van der Waals surface area contributed by atoms with Gasteiger partial charge in [-0.25, -0.2) is 0 Å². The van der Waals surface area contributed by atoms with Crippen molar-refractivity contribution < 1.29 is 9.59 Å². The lowest BCUT2D eigenvalue weighted by Gasteiger charge is -2.24. The number of rotatable bonds is 4. The van der Waals surface area contributed by atoms with Gasteiger partial charge in [-0.05, 0) is 55.3 Å². The van der Waals surface area contributed by atoms with E-state index in [-0.39, 0.29) is 23.8 Å². The maximum atomic E-state index is 13.0. The molecule has 4 rings (SSSR count). The van der Waals surface area contributed by atoms with Crippen molar-refractivity contribution in [3.05, 3.63) is 73.5 Å². The third-order valence-electron chi connectivity index (χ3n) is 4.94. The van der Waals surface area contributed by atoms with Gasteiger partial charge in [-0.2, -0.15) is 4.98 Å². The summed E-state index contributed by atoms with van der Waals surface area (Å²) < 4.78 is 0. The van der Waals surface area contributed by atoms with Crippen LogP contribution in [0, 0.1) is 13.8 Å². The van der Waals surface area contributed by atoms with Crippen LogP contribution < -0.4 is 21.5 Å². The highest BCUT2D eigenvalue weighted by Crippen LogP contribution is 2.31. The van der Waals surface area contributed by atoms with E-state index in [0.29, 0.717) is 21.4 Å². The number of anilines is 4. The first kappa shape index (κ1) is 21.9. The molecule has 0 aliphatic carbocycles. The molecule has 3 aromatic rings. The summed E-state index contributed by atoms with van der Waals surface area (Å²) in [7, 11) is 0. The highest BCUT2D eigenvalue weighted by atomic mass is 35.5. The Bertz CT molecular complexity index is 1280. The van der Waals surface area contributed by atoms with Crippen molar-refractivity contribution in [1.29, 1.82) is 0 Å². The van der Waals surface area contributed by atoms with E-state index in [1.54, 1.807) is 12.1 Å². The van der Waals surface area contributed by atoms with Gasteiger partial charge in [0.25, 0.3) is 5.56 Å². The van der Waals surface area contributed by atoms with Crippen LogP contribution in [0.5, 0.6) is 0 Å². The van der Waals surface area contributed by atoms with Crippen LogP contribution in [0.4, 0.5) is 23.1 Å². The quantitative estimate of drug-likeness (QED) is 0.446.